The van der Waals surface area contributed by atoms with E-state index in [-0.39, 0.29) is 5.56 Å². The number of H-pyrrole nitrogens is 1. The first kappa shape index (κ1) is 17.9. The number of nitrogens with one attached hydrogen (secondary N) is 1. The van der Waals surface area contributed by atoms with Crippen molar-refractivity contribution in [3.63, 3.8) is 0 Å². The Bertz CT molecular complexity index is 991. The number of halogens is 1. The zero-order chi connectivity index (χ0) is 18.8. The molecule has 140 valence electrons. The van der Waals surface area contributed by atoms with Gasteiger partial charge in [-0.15, -0.1) is 0 Å². The molecule has 4 rings (SSSR count). The van der Waals surface area contributed by atoms with E-state index in [0.717, 1.165) is 47.1 Å². The molecule has 6 heteroatoms. The highest BCUT2D eigenvalue weighted by molar-refractivity contribution is 6.30. The van der Waals surface area contributed by atoms with Crippen LogP contribution in [0.5, 0.6) is 5.75 Å². The van der Waals surface area contributed by atoms with Crippen LogP contribution in [-0.4, -0.2) is 28.3 Å². The lowest BCUT2D eigenvalue weighted by Gasteiger charge is -2.25. The molecule has 2 aromatic carbocycles. The van der Waals surface area contributed by atoms with E-state index in [4.69, 9.17) is 16.3 Å². The second-order valence-electron chi connectivity index (χ2n) is 6.90. The number of methoxy groups -OCH3 is 1. The quantitative estimate of drug-likeness (QED) is 0.734. The Balaban J connectivity index is 1.50. The number of aromatic nitrogens is 2. The molecule has 0 aliphatic carbocycles. The van der Waals surface area contributed by atoms with Crippen LogP contribution in [-0.2, 0) is 26.1 Å². The fourth-order valence-corrected chi connectivity index (χ4v) is 3.69. The average molecular weight is 384 g/mol. The van der Waals surface area contributed by atoms with E-state index in [2.05, 4.69) is 10.00 Å². The second-order valence-corrected chi connectivity index (χ2v) is 7.34. The van der Waals surface area contributed by atoms with Gasteiger partial charge in [0.15, 0.2) is 0 Å². The minimum atomic E-state index is 0.0635. The molecule has 0 saturated carbocycles. The molecule has 0 unspecified atom stereocenters. The molecule has 0 radical (unpaired) electrons. The molecule has 0 bridgehead atoms. The summed E-state index contributed by atoms with van der Waals surface area (Å²) in [5.41, 5.74) is 4.23. The molecule has 0 spiro atoms. The largest absolute Gasteiger partial charge is 0.497 e. The van der Waals surface area contributed by atoms with E-state index < -0.39 is 0 Å². The summed E-state index contributed by atoms with van der Waals surface area (Å²) in [5.74, 6) is 0.797. The Hall–Kier alpha value is -2.50. The van der Waals surface area contributed by atoms with Crippen LogP contribution in [0.3, 0.4) is 0 Å². The minimum Gasteiger partial charge on any atom is -0.497 e. The number of nitrogens with zero attached hydrogens (tertiary/aromatic N) is 2. The molecule has 1 aromatic heterocycles. The van der Waals surface area contributed by atoms with Crippen molar-refractivity contribution in [2.75, 3.05) is 13.7 Å². The van der Waals surface area contributed by atoms with E-state index in [1.807, 2.05) is 48.5 Å². The normalized spacial score (nSPS) is 14.1. The van der Waals surface area contributed by atoms with Crippen molar-refractivity contribution in [2.24, 2.45) is 0 Å². The number of hydrogen-bond donors (Lipinski definition) is 1. The molecule has 0 atom stereocenters. The van der Waals surface area contributed by atoms with Gasteiger partial charge in [0.2, 0.25) is 0 Å². The van der Waals surface area contributed by atoms with Gasteiger partial charge in [0, 0.05) is 36.8 Å². The van der Waals surface area contributed by atoms with Crippen molar-refractivity contribution in [3.05, 3.63) is 86.3 Å². The summed E-state index contributed by atoms with van der Waals surface area (Å²) in [6, 6.07) is 15.7. The lowest BCUT2D eigenvalue weighted by atomic mass is 10.1. The standard InChI is InChI=1S/C21H22ClN3O2/c1-27-18-4-2-3-16(11-18)13-25-21(26)19-14-24(10-9-20(19)23-25)12-15-5-7-17(22)8-6-15/h2-8,11,23H,9-10,12-14H2,1H3. The molecule has 5 nitrogen and oxygen atoms in total. The van der Waals surface area contributed by atoms with Gasteiger partial charge in [0.1, 0.15) is 5.75 Å². The monoisotopic (exact) mass is 383 g/mol. The molecule has 27 heavy (non-hydrogen) atoms. The van der Waals surface area contributed by atoms with E-state index in [1.165, 1.54) is 5.56 Å². The number of ether oxygens (including phenoxy) is 1. The Morgan fingerprint density at radius 1 is 1.11 bits per heavy atom. The van der Waals surface area contributed by atoms with Gasteiger partial charge in [-0.05, 0) is 35.4 Å². The van der Waals surface area contributed by atoms with Gasteiger partial charge >= 0.3 is 0 Å². The number of fused-ring (bicyclic) bond motifs is 1. The highest BCUT2D eigenvalue weighted by atomic mass is 35.5. The van der Waals surface area contributed by atoms with Crippen molar-refractivity contribution in [1.82, 2.24) is 14.7 Å². The summed E-state index contributed by atoms with van der Waals surface area (Å²) in [7, 11) is 1.65. The smallest absolute Gasteiger partial charge is 0.271 e. The third-order valence-corrected chi connectivity index (χ3v) is 5.24. The Kier molecular flexibility index (Phi) is 5.05. The average Bonchev–Trinajstić information content (AvgIpc) is 2.99. The minimum absolute atomic E-state index is 0.0635. The third kappa shape index (κ3) is 3.94. The fourth-order valence-electron chi connectivity index (χ4n) is 3.56. The van der Waals surface area contributed by atoms with Crippen molar-refractivity contribution >= 4 is 11.6 Å². The zero-order valence-electron chi connectivity index (χ0n) is 15.2. The van der Waals surface area contributed by atoms with E-state index in [1.54, 1.807) is 11.8 Å². The van der Waals surface area contributed by atoms with Crippen LogP contribution >= 0.6 is 11.6 Å². The van der Waals surface area contributed by atoms with Crippen LogP contribution in [0.15, 0.2) is 53.3 Å². The Labute approximate surface area is 163 Å². The van der Waals surface area contributed by atoms with Gasteiger partial charge in [0.25, 0.3) is 5.56 Å². The Morgan fingerprint density at radius 3 is 2.70 bits per heavy atom. The number of benzene rings is 2. The van der Waals surface area contributed by atoms with Crippen LogP contribution < -0.4 is 10.3 Å². The summed E-state index contributed by atoms with van der Waals surface area (Å²) in [4.78, 5) is 15.2. The predicted molar refractivity (Wildman–Crippen MR) is 106 cm³/mol. The molecule has 0 amide bonds. The maximum atomic E-state index is 12.9. The Morgan fingerprint density at radius 2 is 1.93 bits per heavy atom. The summed E-state index contributed by atoms with van der Waals surface area (Å²) in [6.07, 6.45) is 0.850. The van der Waals surface area contributed by atoms with Gasteiger partial charge in [-0.25, -0.2) is 4.68 Å². The van der Waals surface area contributed by atoms with Gasteiger partial charge in [0.05, 0.1) is 19.2 Å². The maximum Gasteiger partial charge on any atom is 0.271 e. The van der Waals surface area contributed by atoms with Crippen molar-refractivity contribution in [3.8, 4) is 5.75 Å². The first-order chi connectivity index (χ1) is 13.1. The molecular weight excluding hydrogens is 362 g/mol. The van der Waals surface area contributed by atoms with Gasteiger partial charge in [-0.2, -0.15) is 0 Å². The predicted octanol–water partition coefficient (Wildman–Crippen LogP) is 3.45. The van der Waals surface area contributed by atoms with Gasteiger partial charge in [-0.1, -0.05) is 35.9 Å². The van der Waals surface area contributed by atoms with E-state index in [9.17, 15) is 4.79 Å². The molecule has 1 N–H and O–H groups in total. The van der Waals surface area contributed by atoms with E-state index in [0.29, 0.717) is 13.1 Å². The highest BCUT2D eigenvalue weighted by Crippen LogP contribution is 2.19. The van der Waals surface area contributed by atoms with Crippen molar-refractivity contribution in [1.29, 1.82) is 0 Å². The molecule has 0 saturated heterocycles. The van der Waals surface area contributed by atoms with Crippen LogP contribution in [0.25, 0.3) is 0 Å². The number of rotatable bonds is 5. The number of hydrogen-bond acceptors (Lipinski definition) is 3. The van der Waals surface area contributed by atoms with Crippen LogP contribution in [0.2, 0.25) is 5.02 Å². The summed E-state index contributed by atoms with van der Waals surface area (Å²) in [5, 5.41) is 4.04. The van der Waals surface area contributed by atoms with Crippen LogP contribution in [0.1, 0.15) is 22.4 Å². The van der Waals surface area contributed by atoms with Gasteiger partial charge in [-0.3, -0.25) is 14.8 Å². The number of aromatic amines is 1. The molecule has 0 fully saturated rings. The van der Waals surface area contributed by atoms with Crippen LogP contribution in [0, 0.1) is 0 Å². The summed E-state index contributed by atoms with van der Waals surface area (Å²) in [6.45, 7) is 2.92. The lowest BCUT2D eigenvalue weighted by molar-refractivity contribution is 0.244. The van der Waals surface area contributed by atoms with Crippen molar-refractivity contribution < 1.29 is 4.74 Å². The SMILES string of the molecule is COc1cccc(Cn2[nH]c3c(c2=O)CN(Cc2ccc(Cl)cc2)CC3)c1. The van der Waals surface area contributed by atoms with Crippen LogP contribution in [0.4, 0.5) is 0 Å². The van der Waals surface area contributed by atoms with Gasteiger partial charge < -0.3 is 4.74 Å². The molecular formula is C21H22ClN3O2. The topological polar surface area (TPSA) is 50.3 Å². The molecule has 1 aliphatic heterocycles. The van der Waals surface area contributed by atoms with Crippen molar-refractivity contribution in [2.45, 2.75) is 26.1 Å². The maximum absolute atomic E-state index is 12.9. The molecule has 2 heterocycles. The lowest BCUT2D eigenvalue weighted by Crippen LogP contribution is -2.32. The van der Waals surface area contributed by atoms with E-state index >= 15 is 0 Å². The summed E-state index contributed by atoms with van der Waals surface area (Å²) < 4.78 is 6.97. The first-order valence-electron chi connectivity index (χ1n) is 9.02. The third-order valence-electron chi connectivity index (χ3n) is 4.99. The molecule has 3 aromatic rings. The second kappa shape index (κ2) is 7.62. The summed E-state index contributed by atoms with van der Waals surface area (Å²) >= 11 is 5.96. The zero-order valence-corrected chi connectivity index (χ0v) is 16.0. The fraction of sp³-hybridized carbons (Fsp3) is 0.286. The highest BCUT2D eigenvalue weighted by Gasteiger charge is 2.22. The molecule has 1 aliphatic rings. The first-order valence-corrected chi connectivity index (χ1v) is 9.40.